The molecule has 0 N–H and O–H groups in total. The molecule has 2 nitrogen and oxygen atoms in total. The van der Waals surface area contributed by atoms with Gasteiger partial charge in [0.25, 0.3) is 0 Å². The number of hydrogen-bond acceptors (Lipinski definition) is 2. The van der Waals surface area contributed by atoms with Crippen molar-refractivity contribution in [2.24, 2.45) is 16.7 Å². The lowest BCUT2D eigenvalue weighted by Gasteiger charge is -2.32. The van der Waals surface area contributed by atoms with E-state index in [1.54, 1.807) is 0 Å². The van der Waals surface area contributed by atoms with Crippen molar-refractivity contribution in [2.45, 2.75) is 51.6 Å². The third-order valence-corrected chi connectivity index (χ3v) is 6.04. The van der Waals surface area contributed by atoms with Gasteiger partial charge < -0.3 is 4.74 Å². The average molecular weight is 208 g/mol. The molecular weight excluding hydrogens is 188 g/mol. The van der Waals surface area contributed by atoms with E-state index >= 15 is 0 Å². The molecule has 0 amide bonds. The van der Waals surface area contributed by atoms with Crippen molar-refractivity contribution >= 4 is 5.78 Å². The van der Waals surface area contributed by atoms with E-state index in [9.17, 15) is 4.79 Å². The number of ketones is 1. The van der Waals surface area contributed by atoms with Crippen LogP contribution in [0.15, 0.2) is 0 Å². The fraction of sp³-hybridized carbons (Fsp3) is 0.923. The summed E-state index contributed by atoms with van der Waals surface area (Å²) in [7, 11) is 1.84. The van der Waals surface area contributed by atoms with Crippen molar-refractivity contribution < 1.29 is 9.53 Å². The second-order valence-electron chi connectivity index (χ2n) is 5.99. The predicted octanol–water partition coefficient (Wildman–Crippen LogP) is 2.56. The van der Waals surface area contributed by atoms with Crippen LogP contribution in [0.4, 0.5) is 0 Å². The molecule has 4 atom stereocenters. The summed E-state index contributed by atoms with van der Waals surface area (Å²) in [6, 6.07) is 0. The van der Waals surface area contributed by atoms with Gasteiger partial charge in [-0.15, -0.1) is 0 Å². The van der Waals surface area contributed by atoms with Crippen LogP contribution in [-0.4, -0.2) is 18.5 Å². The average Bonchev–Trinajstić information content (AvgIpc) is 2.51. The fourth-order valence-corrected chi connectivity index (χ4v) is 5.30. The standard InChI is InChI=1S/C13H20O2/c1-9-7-10(14)8-12-5-4-6-13(12,15-3)11(9,12)2/h9H,4-8H2,1-3H3/t9-,11+,12-,13-/m0/s1. The van der Waals surface area contributed by atoms with E-state index in [0.717, 1.165) is 19.3 Å². The van der Waals surface area contributed by atoms with Crippen LogP contribution < -0.4 is 0 Å². The van der Waals surface area contributed by atoms with Crippen LogP contribution >= 0.6 is 0 Å². The minimum absolute atomic E-state index is 0.0472. The first-order chi connectivity index (χ1) is 7.04. The van der Waals surface area contributed by atoms with Crippen LogP contribution in [0.2, 0.25) is 0 Å². The predicted molar refractivity (Wildman–Crippen MR) is 57.5 cm³/mol. The lowest BCUT2D eigenvalue weighted by Crippen LogP contribution is -2.30. The van der Waals surface area contributed by atoms with Crippen LogP contribution in [0.25, 0.3) is 0 Å². The quantitative estimate of drug-likeness (QED) is 0.662. The van der Waals surface area contributed by atoms with Gasteiger partial charge in [0.05, 0.1) is 5.60 Å². The Labute approximate surface area is 91.4 Å². The van der Waals surface area contributed by atoms with E-state index in [1.807, 2.05) is 7.11 Å². The van der Waals surface area contributed by atoms with Crippen molar-refractivity contribution in [3.63, 3.8) is 0 Å². The minimum Gasteiger partial charge on any atom is -0.377 e. The maximum atomic E-state index is 11.8. The molecule has 0 bridgehead atoms. The summed E-state index contributed by atoms with van der Waals surface area (Å²) in [4.78, 5) is 11.8. The van der Waals surface area contributed by atoms with Crippen LogP contribution in [0.5, 0.6) is 0 Å². The van der Waals surface area contributed by atoms with Crippen LogP contribution in [0, 0.1) is 16.7 Å². The number of carbonyl (C=O) groups is 1. The molecule has 15 heavy (non-hydrogen) atoms. The van der Waals surface area contributed by atoms with E-state index in [4.69, 9.17) is 4.74 Å². The number of ether oxygens (including phenoxy) is 1. The van der Waals surface area contributed by atoms with E-state index in [0.29, 0.717) is 11.7 Å². The Morgan fingerprint density at radius 3 is 2.80 bits per heavy atom. The zero-order chi connectivity index (χ0) is 10.9. The monoisotopic (exact) mass is 208 g/mol. The first-order valence-electron chi connectivity index (χ1n) is 6.11. The SMILES string of the molecule is CO[C@]12CCC[C@@]13CC(=O)C[C@H](C)[C@]32C. The summed E-state index contributed by atoms with van der Waals surface area (Å²) in [5.41, 5.74) is 0.538. The summed E-state index contributed by atoms with van der Waals surface area (Å²) < 4.78 is 5.88. The Hall–Kier alpha value is -0.370. The Morgan fingerprint density at radius 1 is 1.40 bits per heavy atom. The molecule has 0 aromatic heterocycles. The molecule has 3 saturated carbocycles. The topological polar surface area (TPSA) is 26.3 Å². The normalized spacial score (nSPS) is 57.5. The van der Waals surface area contributed by atoms with Gasteiger partial charge in [0.1, 0.15) is 5.78 Å². The van der Waals surface area contributed by atoms with E-state index < -0.39 is 0 Å². The molecule has 3 rings (SSSR count). The van der Waals surface area contributed by atoms with Gasteiger partial charge in [0.15, 0.2) is 0 Å². The highest BCUT2D eigenvalue weighted by Crippen LogP contribution is 2.86. The molecule has 0 saturated heterocycles. The summed E-state index contributed by atoms with van der Waals surface area (Å²) in [5.74, 6) is 0.958. The zero-order valence-electron chi connectivity index (χ0n) is 9.93. The van der Waals surface area contributed by atoms with Gasteiger partial charge in [0, 0.05) is 30.8 Å². The Bertz CT molecular complexity index is 331. The Kier molecular flexibility index (Phi) is 1.62. The van der Waals surface area contributed by atoms with Crippen molar-refractivity contribution in [1.82, 2.24) is 0 Å². The maximum Gasteiger partial charge on any atom is 0.133 e. The third-order valence-electron chi connectivity index (χ3n) is 6.04. The first kappa shape index (κ1) is 9.83. The lowest BCUT2D eigenvalue weighted by atomic mass is 9.71. The van der Waals surface area contributed by atoms with Gasteiger partial charge in [-0.2, -0.15) is 0 Å². The zero-order valence-corrected chi connectivity index (χ0v) is 9.93. The molecular formula is C13H20O2. The van der Waals surface area contributed by atoms with Crippen molar-refractivity contribution in [3.05, 3.63) is 0 Å². The molecule has 3 aliphatic carbocycles. The molecule has 84 valence electrons. The van der Waals surface area contributed by atoms with Crippen molar-refractivity contribution in [1.29, 1.82) is 0 Å². The molecule has 0 aromatic carbocycles. The van der Waals surface area contributed by atoms with E-state index in [2.05, 4.69) is 13.8 Å². The highest BCUT2D eigenvalue weighted by atomic mass is 16.5. The van der Waals surface area contributed by atoms with Crippen LogP contribution in [0.1, 0.15) is 46.0 Å². The van der Waals surface area contributed by atoms with Crippen molar-refractivity contribution in [3.8, 4) is 0 Å². The molecule has 0 radical (unpaired) electrons. The smallest absolute Gasteiger partial charge is 0.133 e. The maximum absolute atomic E-state index is 11.8. The summed E-state index contributed by atoms with van der Waals surface area (Å²) in [6.07, 6.45) is 5.15. The van der Waals surface area contributed by atoms with E-state index in [1.165, 1.54) is 12.8 Å². The van der Waals surface area contributed by atoms with Gasteiger partial charge >= 0.3 is 0 Å². The highest BCUT2D eigenvalue weighted by molar-refractivity contribution is 5.83. The molecule has 0 unspecified atom stereocenters. The Balaban J connectivity index is 2.08. The van der Waals surface area contributed by atoms with Crippen LogP contribution in [-0.2, 0) is 9.53 Å². The third kappa shape index (κ3) is 0.719. The fourth-order valence-electron chi connectivity index (χ4n) is 5.30. The number of Topliss-reactive ketones (excluding diaryl/α,β-unsaturated/α-hetero) is 1. The molecule has 0 aromatic rings. The van der Waals surface area contributed by atoms with Crippen LogP contribution in [0.3, 0.4) is 0 Å². The number of carbonyl (C=O) groups excluding carboxylic acids is 1. The van der Waals surface area contributed by atoms with Gasteiger partial charge in [-0.25, -0.2) is 0 Å². The molecule has 3 aliphatic rings. The van der Waals surface area contributed by atoms with Crippen molar-refractivity contribution in [2.75, 3.05) is 7.11 Å². The number of fused-ring (bicyclic) bond motifs is 1. The molecule has 1 spiro atoms. The Morgan fingerprint density at radius 2 is 2.13 bits per heavy atom. The number of methoxy groups -OCH3 is 1. The molecule has 0 heterocycles. The van der Waals surface area contributed by atoms with Gasteiger partial charge in [-0.1, -0.05) is 13.8 Å². The summed E-state index contributed by atoms with van der Waals surface area (Å²) in [5, 5.41) is 0. The summed E-state index contributed by atoms with van der Waals surface area (Å²) in [6.45, 7) is 4.59. The first-order valence-corrected chi connectivity index (χ1v) is 6.11. The largest absolute Gasteiger partial charge is 0.377 e. The number of hydrogen-bond donors (Lipinski definition) is 0. The highest BCUT2D eigenvalue weighted by Gasteiger charge is 2.88. The lowest BCUT2D eigenvalue weighted by molar-refractivity contribution is -0.124. The minimum atomic E-state index is 0.0472. The summed E-state index contributed by atoms with van der Waals surface area (Å²) >= 11 is 0. The molecule has 3 fully saturated rings. The number of rotatable bonds is 1. The molecule has 2 heteroatoms. The van der Waals surface area contributed by atoms with E-state index in [-0.39, 0.29) is 16.4 Å². The van der Waals surface area contributed by atoms with Gasteiger partial charge in [0.2, 0.25) is 0 Å². The van der Waals surface area contributed by atoms with Gasteiger partial charge in [-0.05, 0) is 25.2 Å². The van der Waals surface area contributed by atoms with Gasteiger partial charge in [-0.3, -0.25) is 4.79 Å². The second kappa shape index (κ2) is 2.48. The second-order valence-corrected chi connectivity index (χ2v) is 5.99. The molecule has 0 aliphatic heterocycles.